The van der Waals surface area contributed by atoms with Gasteiger partial charge < -0.3 is 38.3 Å². The summed E-state index contributed by atoms with van der Waals surface area (Å²) in [6.07, 6.45) is -1.02. The van der Waals surface area contributed by atoms with Gasteiger partial charge in [-0.15, -0.1) is 0 Å². The molecule has 2 aliphatic carbocycles. The van der Waals surface area contributed by atoms with Crippen LogP contribution in [-0.2, 0) is 61.9 Å². The lowest BCUT2D eigenvalue weighted by atomic mass is 9.37. The van der Waals surface area contributed by atoms with Crippen molar-refractivity contribution in [3.63, 3.8) is 0 Å². The molecule has 1 spiro atoms. The Hall–Kier alpha value is -3.78. The standard InChI is InChI=1S/C39H52O14/c1-11-18(3)32(43)51-30-28-31(52-33(44)19(4)12-2)38-22(37(9,39(28,46)53-38)23(35(30,6)7)16-25(41)47-10)13-14-36(8)24(38)17-26(42)49-29(36)21-15-27(48-20(5)40)50-34(21)45/h15,17-19,22-23,27-31,46H,11-14,16H2,1-10H3/t18-,19-,22+,23-,27?,28?,29-,30+,31+,36+,37+,38-,39-/m0/s1. The number of ether oxygens (including phenoxy) is 7. The fourth-order valence-corrected chi connectivity index (χ4v) is 10.6. The van der Waals surface area contributed by atoms with Crippen molar-refractivity contribution >= 4 is 35.8 Å². The Morgan fingerprint density at radius 3 is 2.11 bits per heavy atom. The third-order valence-corrected chi connectivity index (χ3v) is 13.7. The minimum Gasteiger partial charge on any atom is -0.469 e. The lowest BCUT2D eigenvalue weighted by Gasteiger charge is -2.67. The summed E-state index contributed by atoms with van der Waals surface area (Å²) in [5.74, 6) is -9.72. The van der Waals surface area contributed by atoms with E-state index < -0.39 is 118 Å². The van der Waals surface area contributed by atoms with Crippen molar-refractivity contribution in [2.75, 3.05) is 7.11 Å². The van der Waals surface area contributed by atoms with Gasteiger partial charge in [0, 0.05) is 47.7 Å². The van der Waals surface area contributed by atoms with Crippen molar-refractivity contribution in [3.05, 3.63) is 23.3 Å². The lowest BCUT2D eigenvalue weighted by molar-refractivity contribution is -0.326. The van der Waals surface area contributed by atoms with Gasteiger partial charge >= 0.3 is 35.8 Å². The second-order valence-electron chi connectivity index (χ2n) is 16.8. The zero-order valence-corrected chi connectivity index (χ0v) is 32.1. The van der Waals surface area contributed by atoms with E-state index in [0.717, 1.165) is 0 Å². The van der Waals surface area contributed by atoms with E-state index in [9.17, 15) is 33.9 Å². The highest BCUT2D eigenvalue weighted by atomic mass is 16.7. The van der Waals surface area contributed by atoms with Crippen molar-refractivity contribution in [3.8, 4) is 0 Å². The molecule has 6 rings (SSSR count). The number of esters is 6. The summed E-state index contributed by atoms with van der Waals surface area (Å²) in [6, 6.07) is 0. The number of cyclic esters (lactones) is 2. The molecule has 13 atom stereocenters. The van der Waals surface area contributed by atoms with Crippen LogP contribution in [0.2, 0.25) is 0 Å². The van der Waals surface area contributed by atoms with Gasteiger partial charge in [0.2, 0.25) is 0 Å². The molecule has 4 heterocycles. The first-order valence-electron chi connectivity index (χ1n) is 18.6. The van der Waals surface area contributed by atoms with Crippen molar-refractivity contribution in [2.24, 2.45) is 45.8 Å². The van der Waals surface area contributed by atoms with Gasteiger partial charge in [-0.25, -0.2) is 9.59 Å². The third kappa shape index (κ3) is 5.31. The van der Waals surface area contributed by atoms with Crippen molar-refractivity contribution < 1.29 is 67.0 Å². The molecule has 1 N–H and O–H groups in total. The third-order valence-electron chi connectivity index (χ3n) is 13.7. The van der Waals surface area contributed by atoms with Crippen LogP contribution in [0.4, 0.5) is 0 Å². The fraction of sp³-hybridized carbons (Fsp3) is 0.744. The Bertz CT molecular complexity index is 1680. The Labute approximate surface area is 309 Å². The van der Waals surface area contributed by atoms with Crippen LogP contribution >= 0.6 is 0 Å². The smallest absolute Gasteiger partial charge is 0.341 e. The zero-order valence-electron chi connectivity index (χ0n) is 32.1. The van der Waals surface area contributed by atoms with E-state index in [2.05, 4.69) is 0 Å². The normalized spacial score (nSPS) is 41.4. The number of hydrogen-bond acceptors (Lipinski definition) is 14. The fourth-order valence-electron chi connectivity index (χ4n) is 10.6. The highest BCUT2D eigenvalue weighted by Crippen LogP contribution is 2.80. The summed E-state index contributed by atoms with van der Waals surface area (Å²) >= 11 is 0. The quantitative estimate of drug-likeness (QED) is 0.251. The van der Waals surface area contributed by atoms with E-state index in [4.69, 9.17) is 33.2 Å². The molecule has 2 saturated carbocycles. The van der Waals surface area contributed by atoms with Crippen LogP contribution < -0.4 is 0 Å². The first-order chi connectivity index (χ1) is 24.7. The minimum atomic E-state index is -2.15. The maximum atomic E-state index is 13.9. The van der Waals surface area contributed by atoms with Crippen LogP contribution in [-0.4, -0.2) is 84.0 Å². The average Bonchev–Trinajstić information content (AvgIpc) is 3.65. The molecule has 53 heavy (non-hydrogen) atoms. The molecule has 2 bridgehead atoms. The Morgan fingerprint density at radius 1 is 0.943 bits per heavy atom. The molecule has 14 heteroatoms. The van der Waals surface area contributed by atoms with Gasteiger partial charge in [0.25, 0.3) is 6.29 Å². The van der Waals surface area contributed by atoms with Gasteiger partial charge in [0.05, 0.1) is 30.4 Å². The molecular formula is C39H52O14. The van der Waals surface area contributed by atoms with Crippen LogP contribution in [0.5, 0.6) is 0 Å². The van der Waals surface area contributed by atoms with Crippen LogP contribution in [0.1, 0.15) is 94.4 Å². The van der Waals surface area contributed by atoms with E-state index >= 15 is 0 Å². The summed E-state index contributed by atoms with van der Waals surface area (Å²) < 4.78 is 41.4. The summed E-state index contributed by atoms with van der Waals surface area (Å²) in [5, 5.41) is 13.3. The second kappa shape index (κ2) is 12.9. The van der Waals surface area contributed by atoms with Gasteiger partial charge in [0.15, 0.2) is 5.79 Å². The molecule has 4 fully saturated rings. The largest absolute Gasteiger partial charge is 0.469 e. The highest BCUT2D eigenvalue weighted by molar-refractivity contribution is 5.95. The first-order valence-corrected chi connectivity index (χ1v) is 18.6. The van der Waals surface area contributed by atoms with Gasteiger partial charge in [-0.3, -0.25) is 19.2 Å². The molecule has 0 radical (unpaired) electrons. The SMILES string of the molecule is CC[C@H](C)C(=O)O[C@@H]1C2[C@@H](OC(=O)[C@@H](C)CC)[C@]34O[C@]2(O)[C@@](C)([C@@H](CC(=O)OC)C1(C)C)[C@H]3CC[C@]1(C)C4=CC(=O)O[C@H]1C1=CC(OC(C)=O)OC1=O. The highest BCUT2D eigenvalue weighted by Gasteiger charge is 2.90. The number of carbonyl (C=O) groups excluding carboxylic acids is 6. The molecule has 4 aliphatic heterocycles. The van der Waals surface area contributed by atoms with Crippen LogP contribution in [0, 0.1) is 45.8 Å². The maximum absolute atomic E-state index is 13.9. The van der Waals surface area contributed by atoms with Crippen molar-refractivity contribution in [1.82, 2.24) is 0 Å². The number of methoxy groups -OCH3 is 1. The van der Waals surface area contributed by atoms with Gasteiger partial charge in [-0.1, -0.05) is 55.4 Å². The van der Waals surface area contributed by atoms with Crippen LogP contribution in [0.15, 0.2) is 23.3 Å². The number of rotatable bonds is 10. The Balaban J connectivity index is 1.59. The van der Waals surface area contributed by atoms with E-state index in [1.807, 2.05) is 34.6 Å². The molecule has 0 aromatic rings. The summed E-state index contributed by atoms with van der Waals surface area (Å²) in [6.45, 7) is 15.7. The summed E-state index contributed by atoms with van der Waals surface area (Å²) in [4.78, 5) is 79.5. The topological polar surface area (TPSA) is 187 Å². The minimum absolute atomic E-state index is 0.0385. The summed E-state index contributed by atoms with van der Waals surface area (Å²) in [7, 11) is 1.28. The van der Waals surface area contributed by atoms with E-state index in [-0.39, 0.29) is 12.0 Å². The summed E-state index contributed by atoms with van der Waals surface area (Å²) in [5.41, 5.74) is -4.86. The number of fused-ring (bicyclic) bond motifs is 2. The predicted molar refractivity (Wildman–Crippen MR) is 181 cm³/mol. The van der Waals surface area contributed by atoms with Crippen molar-refractivity contribution in [2.45, 2.75) is 130 Å². The zero-order chi connectivity index (χ0) is 39.2. The molecule has 0 amide bonds. The number of carbonyl (C=O) groups is 6. The second-order valence-corrected chi connectivity index (χ2v) is 16.8. The first kappa shape index (κ1) is 38.9. The van der Waals surface area contributed by atoms with Gasteiger partial charge in [-0.05, 0) is 37.2 Å². The lowest BCUT2D eigenvalue weighted by Crippen LogP contribution is -2.76. The Morgan fingerprint density at radius 2 is 1.55 bits per heavy atom. The van der Waals surface area contributed by atoms with Gasteiger partial charge in [0.1, 0.15) is 23.9 Å². The van der Waals surface area contributed by atoms with Crippen LogP contribution in [0.3, 0.4) is 0 Å². The van der Waals surface area contributed by atoms with E-state index in [0.29, 0.717) is 31.3 Å². The molecule has 2 unspecified atom stereocenters. The molecular weight excluding hydrogens is 692 g/mol. The number of aliphatic hydroxyl groups is 1. The molecule has 292 valence electrons. The number of hydrogen-bond donors (Lipinski definition) is 1. The van der Waals surface area contributed by atoms with Gasteiger partial charge in [-0.2, -0.15) is 0 Å². The monoisotopic (exact) mass is 744 g/mol. The average molecular weight is 745 g/mol. The molecule has 14 nitrogen and oxygen atoms in total. The van der Waals surface area contributed by atoms with E-state index in [1.165, 1.54) is 26.2 Å². The Kier molecular flexibility index (Phi) is 9.49. The van der Waals surface area contributed by atoms with E-state index in [1.54, 1.807) is 20.8 Å². The maximum Gasteiger partial charge on any atom is 0.341 e. The van der Waals surface area contributed by atoms with Crippen molar-refractivity contribution in [1.29, 1.82) is 0 Å². The predicted octanol–water partition coefficient (Wildman–Crippen LogP) is 3.86. The molecule has 6 aliphatic rings. The molecule has 2 saturated heterocycles. The van der Waals surface area contributed by atoms with Crippen LogP contribution in [0.25, 0.3) is 0 Å². The molecule has 0 aromatic heterocycles. The molecule has 0 aromatic carbocycles.